The van der Waals surface area contributed by atoms with Gasteiger partial charge in [0, 0.05) is 6.20 Å². The molecule has 10 heteroatoms. The fraction of sp³-hybridized carbons (Fsp3) is 0.130. The maximum Gasteiger partial charge on any atom is 0.349 e. The normalized spacial score (nSPS) is 18.0. The molecule has 0 unspecified atom stereocenters. The molecular formula is C23H17NO7S2. The van der Waals surface area contributed by atoms with Crippen molar-refractivity contribution in [1.82, 2.24) is 4.90 Å². The van der Waals surface area contributed by atoms with Crippen LogP contribution in [0.2, 0.25) is 0 Å². The molecular weight excluding hydrogens is 466 g/mol. The minimum Gasteiger partial charge on any atom is -0.493 e. The van der Waals surface area contributed by atoms with Crippen LogP contribution in [0.1, 0.15) is 15.9 Å². The number of hydrogen-bond acceptors (Lipinski definition) is 9. The molecule has 1 saturated heterocycles. The van der Waals surface area contributed by atoms with Gasteiger partial charge in [-0.15, -0.1) is 0 Å². The summed E-state index contributed by atoms with van der Waals surface area (Å²) in [6, 6.07) is 9.77. The van der Waals surface area contributed by atoms with E-state index in [4.69, 9.17) is 31.2 Å². The Hall–Kier alpha value is -3.63. The van der Waals surface area contributed by atoms with Crippen molar-refractivity contribution in [2.45, 2.75) is 0 Å². The highest BCUT2D eigenvalue weighted by Gasteiger charge is 2.36. The molecule has 0 N–H and O–H groups in total. The van der Waals surface area contributed by atoms with Gasteiger partial charge < -0.3 is 18.9 Å². The second-order valence-electron chi connectivity index (χ2n) is 6.77. The molecule has 2 aliphatic heterocycles. The summed E-state index contributed by atoms with van der Waals surface area (Å²) in [5, 5.41) is 0. The lowest BCUT2D eigenvalue weighted by Gasteiger charge is -2.18. The molecule has 0 aromatic heterocycles. The molecule has 0 saturated carbocycles. The number of thiocarbonyl (C=S) groups is 1. The van der Waals surface area contributed by atoms with Crippen LogP contribution in [0.5, 0.6) is 23.0 Å². The monoisotopic (exact) mass is 483 g/mol. The largest absolute Gasteiger partial charge is 0.493 e. The smallest absolute Gasteiger partial charge is 0.349 e. The lowest BCUT2D eigenvalue weighted by Crippen LogP contribution is -2.30. The van der Waals surface area contributed by atoms with E-state index in [0.717, 1.165) is 22.9 Å². The molecule has 168 valence electrons. The van der Waals surface area contributed by atoms with E-state index in [9.17, 15) is 14.4 Å². The number of fused-ring (bicyclic) bond motifs is 1. The molecule has 4 rings (SSSR count). The predicted octanol–water partition coefficient (Wildman–Crippen LogP) is 3.60. The summed E-state index contributed by atoms with van der Waals surface area (Å²) < 4.78 is 21.4. The van der Waals surface area contributed by atoms with E-state index in [1.165, 1.54) is 27.4 Å². The van der Waals surface area contributed by atoms with Gasteiger partial charge in [-0.3, -0.25) is 14.5 Å². The third kappa shape index (κ3) is 4.10. The number of ketones is 1. The first-order chi connectivity index (χ1) is 15.9. The summed E-state index contributed by atoms with van der Waals surface area (Å²) in [5.41, 5.74) is 0.570. The molecule has 0 spiro atoms. The Morgan fingerprint density at radius 2 is 1.67 bits per heavy atom. The highest BCUT2D eigenvalue weighted by atomic mass is 32.2. The first-order valence-electron chi connectivity index (χ1n) is 9.52. The quantitative estimate of drug-likeness (QED) is 0.208. The third-order valence-corrected chi connectivity index (χ3v) is 6.20. The number of Topliss-reactive ketones (excluding diaryl/α,β-unsaturated/α-hetero) is 1. The van der Waals surface area contributed by atoms with Crippen LogP contribution >= 0.6 is 24.0 Å². The van der Waals surface area contributed by atoms with Crippen LogP contribution in [0.15, 0.2) is 53.1 Å². The Labute approximate surface area is 198 Å². The highest BCUT2D eigenvalue weighted by Crippen LogP contribution is 2.40. The Morgan fingerprint density at radius 1 is 1.00 bits per heavy atom. The first-order valence-corrected chi connectivity index (χ1v) is 10.7. The molecule has 8 nitrogen and oxygen atoms in total. The number of benzene rings is 2. The van der Waals surface area contributed by atoms with Crippen LogP contribution in [-0.4, -0.2) is 48.2 Å². The zero-order valence-electron chi connectivity index (χ0n) is 17.7. The standard InChI is InChI=1S/C23H17NO7S2/c1-28-16-8-12(9-17(29-2)20(16)30-3)10-18-21(26)24(23(32)33-18)11-14-19(25)13-6-4-5-7-15(13)31-22(14)27/h4-11H,1-3H3/b14-11-,18-10-. The summed E-state index contributed by atoms with van der Waals surface area (Å²) in [5.74, 6) is -0.414. The van der Waals surface area contributed by atoms with Gasteiger partial charge in [-0.2, -0.15) is 0 Å². The van der Waals surface area contributed by atoms with Gasteiger partial charge >= 0.3 is 5.97 Å². The Balaban J connectivity index is 1.67. The van der Waals surface area contributed by atoms with E-state index < -0.39 is 17.7 Å². The molecule has 2 aromatic carbocycles. The van der Waals surface area contributed by atoms with Crippen LogP contribution < -0.4 is 18.9 Å². The minimum atomic E-state index is -0.846. The lowest BCUT2D eigenvalue weighted by molar-refractivity contribution is -0.130. The van der Waals surface area contributed by atoms with Gasteiger partial charge in [0.05, 0.1) is 31.8 Å². The Morgan fingerprint density at radius 3 is 2.30 bits per heavy atom. The topological polar surface area (TPSA) is 91.4 Å². The molecule has 0 atom stereocenters. The number of methoxy groups -OCH3 is 3. The summed E-state index contributed by atoms with van der Waals surface area (Å²) in [6.07, 6.45) is 2.74. The van der Waals surface area contributed by atoms with E-state index in [1.54, 1.807) is 36.4 Å². The van der Waals surface area contributed by atoms with Gasteiger partial charge in [0.1, 0.15) is 11.3 Å². The summed E-state index contributed by atoms with van der Waals surface area (Å²) in [4.78, 5) is 39.6. The van der Waals surface area contributed by atoms with Gasteiger partial charge in [0.25, 0.3) is 5.91 Å². The van der Waals surface area contributed by atoms with Crippen molar-refractivity contribution < 1.29 is 33.3 Å². The van der Waals surface area contributed by atoms with Crippen molar-refractivity contribution >= 4 is 52.0 Å². The van der Waals surface area contributed by atoms with Crippen LogP contribution in [-0.2, 0) is 9.59 Å². The number of esters is 1. The molecule has 2 heterocycles. The third-order valence-electron chi connectivity index (χ3n) is 4.87. The fourth-order valence-corrected chi connectivity index (χ4v) is 4.51. The number of carbonyl (C=O) groups is 3. The van der Waals surface area contributed by atoms with Crippen molar-refractivity contribution in [3.63, 3.8) is 0 Å². The predicted molar refractivity (Wildman–Crippen MR) is 126 cm³/mol. The molecule has 0 bridgehead atoms. The molecule has 2 aliphatic rings. The van der Waals surface area contributed by atoms with Crippen molar-refractivity contribution in [3.8, 4) is 23.0 Å². The van der Waals surface area contributed by atoms with E-state index in [0.29, 0.717) is 27.7 Å². The number of carbonyl (C=O) groups excluding carboxylic acids is 3. The SMILES string of the molecule is COc1cc(/C=C2\SC(=S)N(/C=C3\C(=O)Oc4ccccc4C3=O)C2=O)cc(OC)c1OC. The molecule has 1 amide bonds. The lowest BCUT2D eigenvalue weighted by atomic mass is 10.0. The first kappa shape index (κ1) is 22.6. The van der Waals surface area contributed by atoms with Crippen LogP contribution in [0.4, 0.5) is 0 Å². The number of hydrogen-bond donors (Lipinski definition) is 0. The fourth-order valence-electron chi connectivity index (χ4n) is 3.30. The second kappa shape index (κ2) is 9.08. The highest BCUT2D eigenvalue weighted by molar-refractivity contribution is 8.26. The summed E-state index contributed by atoms with van der Waals surface area (Å²) in [6.45, 7) is 0. The van der Waals surface area contributed by atoms with Crippen molar-refractivity contribution in [1.29, 1.82) is 0 Å². The van der Waals surface area contributed by atoms with Crippen LogP contribution in [0.25, 0.3) is 6.08 Å². The number of para-hydroxylation sites is 1. The van der Waals surface area contributed by atoms with Gasteiger partial charge in [-0.05, 0) is 35.9 Å². The molecule has 2 aromatic rings. The van der Waals surface area contributed by atoms with E-state index in [2.05, 4.69) is 0 Å². The van der Waals surface area contributed by atoms with Crippen molar-refractivity contribution in [2.75, 3.05) is 21.3 Å². The molecule has 0 aliphatic carbocycles. The summed E-state index contributed by atoms with van der Waals surface area (Å²) >= 11 is 6.36. The van der Waals surface area contributed by atoms with E-state index in [-0.39, 0.29) is 21.2 Å². The summed E-state index contributed by atoms with van der Waals surface area (Å²) in [7, 11) is 4.48. The van der Waals surface area contributed by atoms with Gasteiger partial charge in [-0.1, -0.05) is 36.1 Å². The van der Waals surface area contributed by atoms with Gasteiger partial charge in [-0.25, -0.2) is 4.79 Å². The van der Waals surface area contributed by atoms with Gasteiger partial charge in [0.2, 0.25) is 11.5 Å². The van der Waals surface area contributed by atoms with E-state index >= 15 is 0 Å². The molecule has 1 fully saturated rings. The molecule has 0 radical (unpaired) electrons. The maximum atomic E-state index is 13.0. The number of ether oxygens (including phenoxy) is 4. The Kier molecular flexibility index (Phi) is 6.21. The van der Waals surface area contributed by atoms with Crippen molar-refractivity contribution in [3.05, 3.63) is 64.2 Å². The zero-order chi connectivity index (χ0) is 23.7. The zero-order valence-corrected chi connectivity index (χ0v) is 19.4. The minimum absolute atomic E-state index is 0.172. The average Bonchev–Trinajstić information content (AvgIpc) is 3.07. The average molecular weight is 484 g/mol. The van der Waals surface area contributed by atoms with Crippen LogP contribution in [0, 0.1) is 0 Å². The number of amides is 1. The van der Waals surface area contributed by atoms with Crippen LogP contribution in [0.3, 0.4) is 0 Å². The Bertz CT molecular complexity index is 1240. The van der Waals surface area contributed by atoms with Crippen molar-refractivity contribution in [2.24, 2.45) is 0 Å². The number of rotatable bonds is 5. The second-order valence-corrected chi connectivity index (χ2v) is 8.44. The maximum absolute atomic E-state index is 13.0. The molecule has 33 heavy (non-hydrogen) atoms. The number of thioether (sulfide) groups is 1. The van der Waals surface area contributed by atoms with E-state index in [1.807, 2.05) is 0 Å². The number of nitrogens with zero attached hydrogens (tertiary/aromatic N) is 1. The van der Waals surface area contributed by atoms with Gasteiger partial charge in [0.15, 0.2) is 15.8 Å².